The number of thiophene rings is 1. The lowest BCUT2D eigenvalue weighted by atomic mass is 10.1. The summed E-state index contributed by atoms with van der Waals surface area (Å²) >= 11 is 1.80. The molecule has 4 nitrogen and oxygen atoms in total. The minimum Gasteiger partial charge on any atom is -0.306 e. The van der Waals surface area contributed by atoms with Gasteiger partial charge in [0.15, 0.2) is 0 Å². The van der Waals surface area contributed by atoms with Gasteiger partial charge in [-0.1, -0.05) is 29.8 Å². The quantitative estimate of drug-likeness (QED) is 0.783. The average Bonchev–Trinajstić information content (AvgIpc) is 3.00. The van der Waals surface area contributed by atoms with Crippen molar-refractivity contribution in [2.45, 2.75) is 33.4 Å². The SMILES string of the molecule is Cc1ccc(-c2nc3c(c(=O)[nH]2)CCN(Cc2cc(C)cs2)C3)cc1. The molecule has 0 unspecified atom stereocenters. The molecule has 0 fully saturated rings. The molecule has 1 aromatic carbocycles. The number of hydrogen-bond donors (Lipinski definition) is 1. The number of nitrogens with zero attached hydrogens (tertiary/aromatic N) is 2. The van der Waals surface area contributed by atoms with E-state index in [2.05, 4.69) is 35.2 Å². The molecule has 0 bridgehead atoms. The van der Waals surface area contributed by atoms with Crippen molar-refractivity contribution in [1.82, 2.24) is 14.9 Å². The van der Waals surface area contributed by atoms with Crippen LogP contribution in [0.3, 0.4) is 0 Å². The molecular formula is C20H21N3OS. The van der Waals surface area contributed by atoms with Crippen molar-refractivity contribution in [3.63, 3.8) is 0 Å². The van der Waals surface area contributed by atoms with Crippen LogP contribution in [0, 0.1) is 13.8 Å². The fraction of sp³-hybridized carbons (Fsp3) is 0.300. The van der Waals surface area contributed by atoms with Crippen molar-refractivity contribution < 1.29 is 0 Å². The van der Waals surface area contributed by atoms with Crippen molar-refractivity contribution in [3.05, 3.63) is 73.3 Å². The minimum absolute atomic E-state index is 0.00666. The van der Waals surface area contributed by atoms with Crippen LogP contribution in [0.1, 0.15) is 27.3 Å². The lowest BCUT2D eigenvalue weighted by Gasteiger charge is -2.27. The van der Waals surface area contributed by atoms with Crippen LogP contribution in [0.15, 0.2) is 40.5 Å². The van der Waals surface area contributed by atoms with Crippen molar-refractivity contribution >= 4 is 11.3 Å². The van der Waals surface area contributed by atoms with Crippen LogP contribution in [0.5, 0.6) is 0 Å². The first-order valence-electron chi connectivity index (χ1n) is 8.54. The predicted molar refractivity (Wildman–Crippen MR) is 102 cm³/mol. The van der Waals surface area contributed by atoms with Gasteiger partial charge >= 0.3 is 0 Å². The molecule has 128 valence electrons. The largest absolute Gasteiger partial charge is 0.306 e. The zero-order valence-electron chi connectivity index (χ0n) is 14.5. The van der Waals surface area contributed by atoms with Crippen LogP contribution in [-0.4, -0.2) is 21.4 Å². The number of hydrogen-bond acceptors (Lipinski definition) is 4. The van der Waals surface area contributed by atoms with Gasteiger partial charge in [-0.3, -0.25) is 9.69 Å². The monoisotopic (exact) mass is 351 g/mol. The Balaban J connectivity index is 1.62. The maximum atomic E-state index is 12.5. The zero-order valence-corrected chi connectivity index (χ0v) is 15.3. The van der Waals surface area contributed by atoms with Crippen LogP contribution in [-0.2, 0) is 19.5 Å². The topological polar surface area (TPSA) is 49.0 Å². The first-order valence-corrected chi connectivity index (χ1v) is 9.42. The van der Waals surface area contributed by atoms with E-state index in [4.69, 9.17) is 4.98 Å². The van der Waals surface area contributed by atoms with Gasteiger partial charge in [0, 0.05) is 35.6 Å². The summed E-state index contributed by atoms with van der Waals surface area (Å²) in [5, 5.41) is 2.19. The van der Waals surface area contributed by atoms with Gasteiger partial charge in [-0.15, -0.1) is 11.3 Å². The third-order valence-corrected chi connectivity index (χ3v) is 5.68. The molecule has 0 saturated heterocycles. The smallest absolute Gasteiger partial charge is 0.254 e. The summed E-state index contributed by atoms with van der Waals surface area (Å²) in [5.41, 5.74) is 5.23. The van der Waals surface area contributed by atoms with Gasteiger partial charge in [0.2, 0.25) is 0 Å². The Morgan fingerprint density at radius 3 is 2.72 bits per heavy atom. The van der Waals surface area contributed by atoms with E-state index >= 15 is 0 Å². The van der Waals surface area contributed by atoms with E-state index in [-0.39, 0.29) is 5.56 Å². The Hall–Kier alpha value is -2.24. The third-order valence-electron chi connectivity index (χ3n) is 4.64. The first-order chi connectivity index (χ1) is 12.1. The van der Waals surface area contributed by atoms with Gasteiger partial charge in [-0.25, -0.2) is 4.98 Å². The van der Waals surface area contributed by atoms with Crippen molar-refractivity contribution in [3.8, 4) is 11.4 Å². The van der Waals surface area contributed by atoms with Crippen molar-refractivity contribution in [2.24, 2.45) is 0 Å². The highest BCUT2D eigenvalue weighted by molar-refractivity contribution is 7.10. The second kappa shape index (κ2) is 6.58. The standard InChI is InChI=1S/C20H21N3OS/c1-13-3-5-15(6-4-13)19-21-18-11-23(8-7-17(18)20(24)22-19)10-16-9-14(2)12-25-16/h3-6,9,12H,7-8,10-11H2,1-2H3,(H,21,22,24). The number of benzene rings is 1. The summed E-state index contributed by atoms with van der Waals surface area (Å²) in [4.78, 5) is 24.0. The summed E-state index contributed by atoms with van der Waals surface area (Å²) in [6, 6.07) is 10.3. The van der Waals surface area contributed by atoms with E-state index in [1.807, 2.05) is 24.3 Å². The Kier molecular flexibility index (Phi) is 4.27. The second-order valence-electron chi connectivity index (χ2n) is 6.76. The lowest BCUT2D eigenvalue weighted by molar-refractivity contribution is 0.242. The summed E-state index contributed by atoms with van der Waals surface area (Å²) in [6.45, 7) is 6.73. The van der Waals surface area contributed by atoms with Crippen LogP contribution >= 0.6 is 11.3 Å². The summed E-state index contributed by atoms with van der Waals surface area (Å²) in [7, 11) is 0. The fourth-order valence-corrected chi connectivity index (χ4v) is 4.19. The highest BCUT2D eigenvalue weighted by atomic mass is 32.1. The van der Waals surface area contributed by atoms with Gasteiger partial charge in [0.1, 0.15) is 5.82 Å². The molecule has 4 rings (SSSR count). The van der Waals surface area contributed by atoms with Gasteiger partial charge < -0.3 is 4.98 Å². The molecule has 0 saturated carbocycles. The summed E-state index contributed by atoms with van der Waals surface area (Å²) in [6.07, 6.45) is 0.760. The fourth-order valence-electron chi connectivity index (χ4n) is 3.27. The maximum Gasteiger partial charge on any atom is 0.254 e. The highest BCUT2D eigenvalue weighted by Gasteiger charge is 2.21. The van der Waals surface area contributed by atoms with Crippen molar-refractivity contribution in [2.75, 3.05) is 6.54 Å². The van der Waals surface area contributed by atoms with Crippen molar-refractivity contribution in [1.29, 1.82) is 0 Å². The molecule has 0 atom stereocenters. The molecule has 25 heavy (non-hydrogen) atoms. The van der Waals surface area contributed by atoms with E-state index < -0.39 is 0 Å². The first kappa shape index (κ1) is 16.2. The number of H-pyrrole nitrogens is 1. The second-order valence-corrected chi connectivity index (χ2v) is 7.75. The molecule has 0 spiro atoms. The number of aryl methyl sites for hydroxylation is 2. The van der Waals surface area contributed by atoms with E-state index in [1.54, 1.807) is 11.3 Å². The Morgan fingerprint density at radius 1 is 1.20 bits per heavy atom. The predicted octanol–water partition coefficient (Wildman–Crippen LogP) is 3.67. The van der Waals surface area contributed by atoms with Crippen LogP contribution in [0.2, 0.25) is 0 Å². The molecule has 3 heterocycles. The van der Waals surface area contributed by atoms with Crippen LogP contribution in [0.4, 0.5) is 0 Å². The molecular weight excluding hydrogens is 330 g/mol. The van der Waals surface area contributed by atoms with Crippen LogP contribution < -0.4 is 5.56 Å². The lowest BCUT2D eigenvalue weighted by Crippen LogP contribution is -2.34. The Morgan fingerprint density at radius 2 is 2.00 bits per heavy atom. The highest BCUT2D eigenvalue weighted by Crippen LogP contribution is 2.22. The number of aromatic amines is 1. The molecule has 1 N–H and O–H groups in total. The molecule has 0 aliphatic carbocycles. The zero-order chi connectivity index (χ0) is 17.4. The average molecular weight is 351 g/mol. The van der Waals surface area contributed by atoms with Gasteiger partial charge in [0.25, 0.3) is 5.56 Å². The maximum absolute atomic E-state index is 12.5. The van der Waals surface area contributed by atoms with E-state index in [0.717, 1.165) is 42.9 Å². The Bertz CT molecular complexity index is 956. The van der Waals surface area contributed by atoms with E-state index in [0.29, 0.717) is 5.82 Å². The molecule has 2 aromatic heterocycles. The summed E-state index contributed by atoms with van der Waals surface area (Å²) in [5.74, 6) is 0.664. The molecule has 5 heteroatoms. The molecule has 0 amide bonds. The molecule has 1 aliphatic heterocycles. The van der Waals surface area contributed by atoms with Crippen LogP contribution in [0.25, 0.3) is 11.4 Å². The van der Waals surface area contributed by atoms with E-state index in [1.165, 1.54) is 16.0 Å². The number of rotatable bonds is 3. The van der Waals surface area contributed by atoms with Gasteiger partial charge in [-0.2, -0.15) is 0 Å². The number of fused-ring (bicyclic) bond motifs is 1. The number of nitrogens with one attached hydrogen (secondary N) is 1. The van der Waals surface area contributed by atoms with Gasteiger partial charge in [-0.05, 0) is 37.3 Å². The number of aromatic nitrogens is 2. The molecule has 1 aliphatic rings. The minimum atomic E-state index is 0.00666. The molecule has 3 aromatic rings. The molecule has 0 radical (unpaired) electrons. The van der Waals surface area contributed by atoms with E-state index in [9.17, 15) is 4.79 Å². The normalized spacial score (nSPS) is 14.5. The van der Waals surface area contributed by atoms with Gasteiger partial charge in [0.05, 0.1) is 5.69 Å². The summed E-state index contributed by atoms with van der Waals surface area (Å²) < 4.78 is 0. The third kappa shape index (κ3) is 3.43. The Labute approximate surface area is 151 Å².